The molecule has 1 amide bonds. The summed E-state index contributed by atoms with van der Waals surface area (Å²) >= 11 is 0. The van der Waals surface area contributed by atoms with E-state index < -0.39 is 0 Å². The van der Waals surface area contributed by atoms with Crippen molar-refractivity contribution in [3.05, 3.63) is 65.7 Å². The average molecular weight is 409 g/mol. The summed E-state index contributed by atoms with van der Waals surface area (Å²) in [5, 5.41) is 0. The van der Waals surface area contributed by atoms with E-state index in [4.69, 9.17) is 9.47 Å². The molecule has 2 aromatic carbocycles. The Morgan fingerprint density at radius 1 is 1.00 bits per heavy atom. The van der Waals surface area contributed by atoms with Gasteiger partial charge in [-0.3, -0.25) is 4.79 Å². The molecule has 0 radical (unpaired) electrons. The first-order chi connectivity index (χ1) is 14.6. The van der Waals surface area contributed by atoms with Crippen molar-refractivity contribution in [1.29, 1.82) is 0 Å². The largest absolute Gasteiger partial charge is 0.488 e. The minimum atomic E-state index is 0.0726. The van der Waals surface area contributed by atoms with Crippen molar-refractivity contribution in [3.63, 3.8) is 0 Å². The fraction of sp³-hybridized carbons (Fsp3) is 0.480. The third-order valence-electron chi connectivity index (χ3n) is 6.69. The van der Waals surface area contributed by atoms with Crippen molar-refractivity contribution in [2.45, 2.75) is 31.6 Å². The summed E-state index contributed by atoms with van der Waals surface area (Å²) in [4.78, 5) is 17.7. The second-order valence-corrected chi connectivity index (χ2v) is 8.78. The molecule has 0 aromatic heterocycles. The summed E-state index contributed by atoms with van der Waals surface area (Å²) in [7, 11) is 6.05. The molecule has 1 heterocycles. The topological polar surface area (TPSA) is 42.0 Å². The van der Waals surface area contributed by atoms with Crippen LogP contribution in [0.4, 0.5) is 0 Å². The lowest BCUT2D eigenvalue weighted by molar-refractivity contribution is -0.0209. The van der Waals surface area contributed by atoms with Crippen LogP contribution < -0.4 is 4.74 Å². The number of benzene rings is 2. The molecule has 1 saturated heterocycles. The van der Waals surface area contributed by atoms with Crippen LogP contribution in [-0.4, -0.2) is 62.1 Å². The van der Waals surface area contributed by atoms with Crippen LogP contribution >= 0.6 is 0 Å². The maximum absolute atomic E-state index is 13.4. The lowest BCUT2D eigenvalue weighted by Crippen LogP contribution is -2.47. The summed E-state index contributed by atoms with van der Waals surface area (Å²) in [6.45, 7) is 2.07. The van der Waals surface area contributed by atoms with E-state index in [0.29, 0.717) is 35.8 Å². The fourth-order valence-corrected chi connectivity index (χ4v) is 5.03. The maximum Gasteiger partial charge on any atom is 0.257 e. The van der Waals surface area contributed by atoms with Gasteiger partial charge in [-0.05, 0) is 56.5 Å². The first-order valence-corrected chi connectivity index (χ1v) is 10.8. The number of carbonyl (C=O) groups excluding carboxylic acids is 1. The predicted octanol–water partition coefficient (Wildman–Crippen LogP) is 3.69. The third kappa shape index (κ3) is 4.37. The molecule has 2 aliphatic rings. The Kier molecular flexibility index (Phi) is 6.40. The molecule has 0 bridgehead atoms. The molecule has 30 heavy (non-hydrogen) atoms. The van der Waals surface area contributed by atoms with E-state index in [-0.39, 0.29) is 12.0 Å². The Morgan fingerprint density at radius 2 is 1.67 bits per heavy atom. The van der Waals surface area contributed by atoms with Gasteiger partial charge in [0.05, 0.1) is 11.7 Å². The summed E-state index contributed by atoms with van der Waals surface area (Å²) < 4.78 is 11.8. The van der Waals surface area contributed by atoms with Crippen LogP contribution in [0.1, 0.15) is 28.8 Å². The second kappa shape index (κ2) is 9.19. The van der Waals surface area contributed by atoms with E-state index in [0.717, 1.165) is 31.5 Å². The van der Waals surface area contributed by atoms with E-state index in [1.54, 1.807) is 7.11 Å². The molecular weight excluding hydrogens is 376 g/mol. The number of carbonyl (C=O) groups is 1. The smallest absolute Gasteiger partial charge is 0.257 e. The molecule has 2 aromatic rings. The molecule has 0 unspecified atom stereocenters. The molecule has 1 aliphatic heterocycles. The summed E-state index contributed by atoms with van der Waals surface area (Å²) in [5.41, 5.74) is 1.74. The molecule has 0 N–H and O–H groups in total. The summed E-state index contributed by atoms with van der Waals surface area (Å²) in [6, 6.07) is 18.1. The Labute approximate surface area is 179 Å². The SMILES string of the molecule is CO[C@@H]1C[C@H]2CN(C(=O)c3ccccc3OCc3ccccc3)C[C@H]2C[C@H]1N(C)C. The van der Waals surface area contributed by atoms with Crippen molar-refractivity contribution in [1.82, 2.24) is 9.80 Å². The van der Waals surface area contributed by atoms with Gasteiger partial charge >= 0.3 is 0 Å². The van der Waals surface area contributed by atoms with Crippen LogP contribution in [-0.2, 0) is 11.3 Å². The number of hydrogen-bond donors (Lipinski definition) is 0. The zero-order valence-corrected chi connectivity index (χ0v) is 18.2. The molecule has 1 saturated carbocycles. The molecule has 4 rings (SSSR count). The van der Waals surface area contributed by atoms with Gasteiger partial charge in [0.1, 0.15) is 12.4 Å². The van der Waals surface area contributed by atoms with Crippen LogP contribution in [0.5, 0.6) is 5.75 Å². The second-order valence-electron chi connectivity index (χ2n) is 8.78. The van der Waals surface area contributed by atoms with Crippen molar-refractivity contribution in [2.75, 3.05) is 34.3 Å². The van der Waals surface area contributed by atoms with Crippen LogP contribution in [0.25, 0.3) is 0 Å². The van der Waals surface area contributed by atoms with Crippen LogP contribution in [0.15, 0.2) is 54.6 Å². The van der Waals surface area contributed by atoms with Gasteiger partial charge in [0, 0.05) is 26.2 Å². The lowest BCUT2D eigenvalue weighted by Gasteiger charge is -2.40. The zero-order valence-electron chi connectivity index (χ0n) is 18.2. The summed E-state index contributed by atoms with van der Waals surface area (Å²) in [6.07, 6.45) is 2.32. The van der Waals surface area contributed by atoms with Gasteiger partial charge in [0.15, 0.2) is 0 Å². The van der Waals surface area contributed by atoms with Gasteiger partial charge in [0.2, 0.25) is 0 Å². The van der Waals surface area contributed by atoms with Crippen molar-refractivity contribution >= 4 is 5.91 Å². The standard InChI is InChI=1S/C25H32N2O3/c1-26(2)22-13-19-15-27(16-20(19)14-24(22)29-3)25(28)21-11-7-8-12-23(21)30-17-18-9-5-4-6-10-18/h4-12,19-20,22,24H,13-17H2,1-3H3/t19-,20+,22-,24-/m1/s1. The molecule has 2 fully saturated rings. The van der Waals surface area contributed by atoms with E-state index in [1.807, 2.05) is 59.5 Å². The number of amides is 1. The highest BCUT2D eigenvalue weighted by molar-refractivity contribution is 5.97. The number of fused-ring (bicyclic) bond motifs is 1. The van der Waals surface area contributed by atoms with Crippen LogP contribution in [0.3, 0.4) is 0 Å². The Balaban J connectivity index is 1.45. The Hall–Kier alpha value is -2.37. The van der Waals surface area contributed by atoms with E-state index in [1.165, 1.54) is 0 Å². The third-order valence-corrected chi connectivity index (χ3v) is 6.69. The molecule has 4 atom stereocenters. The minimum absolute atomic E-state index is 0.0726. The van der Waals surface area contributed by atoms with E-state index in [9.17, 15) is 4.79 Å². The van der Waals surface area contributed by atoms with Crippen LogP contribution in [0.2, 0.25) is 0 Å². The molecular formula is C25H32N2O3. The zero-order chi connectivity index (χ0) is 21.1. The number of para-hydroxylation sites is 1. The first-order valence-electron chi connectivity index (χ1n) is 10.8. The average Bonchev–Trinajstić information content (AvgIpc) is 3.20. The van der Waals surface area contributed by atoms with Gasteiger partial charge in [-0.1, -0.05) is 42.5 Å². The highest BCUT2D eigenvalue weighted by atomic mass is 16.5. The number of ether oxygens (including phenoxy) is 2. The highest BCUT2D eigenvalue weighted by Crippen LogP contribution is 2.39. The van der Waals surface area contributed by atoms with E-state index in [2.05, 4.69) is 19.0 Å². The quantitative estimate of drug-likeness (QED) is 0.731. The molecule has 5 heteroatoms. The van der Waals surface area contributed by atoms with Crippen molar-refractivity contribution in [2.24, 2.45) is 11.8 Å². The summed E-state index contributed by atoms with van der Waals surface area (Å²) in [5.74, 6) is 1.77. The highest BCUT2D eigenvalue weighted by Gasteiger charge is 2.44. The number of likely N-dealkylation sites (N-methyl/N-ethyl adjacent to an activating group) is 1. The van der Waals surface area contributed by atoms with Crippen LogP contribution in [0, 0.1) is 11.8 Å². The Bertz CT molecular complexity index is 854. The Morgan fingerprint density at radius 3 is 2.37 bits per heavy atom. The van der Waals surface area contributed by atoms with Crippen molar-refractivity contribution in [3.8, 4) is 5.75 Å². The van der Waals surface area contributed by atoms with Gasteiger partial charge in [-0.25, -0.2) is 0 Å². The monoisotopic (exact) mass is 408 g/mol. The molecule has 1 aliphatic carbocycles. The van der Waals surface area contributed by atoms with Gasteiger partial charge in [0.25, 0.3) is 5.91 Å². The first kappa shape index (κ1) is 20.9. The normalized spacial score (nSPS) is 25.9. The number of nitrogens with zero attached hydrogens (tertiary/aromatic N) is 2. The van der Waals surface area contributed by atoms with E-state index >= 15 is 0 Å². The van der Waals surface area contributed by atoms with Gasteiger partial charge in [-0.15, -0.1) is 0 Å². The number of likely N-dealkylation sites (tertiary alicyclic amines) is 1. The fourth-order valence-electron chi connectivity index (χ4n) is 5.03. The van der Waals surface area contributed by atoms with Gasteiger partial charge in [-0.2, -0.15) is 0 Å². The molecule has 0 spiro atoms. The van der Waals surface area contributed by atoms with Gasteiger partial charge < -0.3 is 19.3 Å². The molecule has 160 valence electrons. The number of hydrogen-bond acceptors (Lipinski definition) is 4. The number of methoxy groups -OCH3 is 1. The number of rotatable bonds is 6. The predicted molar refractivity (Wildman–Crippen MR) is 118 cm³/mol. The molecule has 5 nitrogen and oxygen atoms in total. The lowest BCUT2D eigenvalue weighted by atomic mass is 9.77. The maximum atomic E-state index is 13.4. The van der Waals surface area contributed by atoms with Crippen molar-refractivity contribution < 1.29 is 14.3 Å². The minimum Gasteiger partial charge on any atom is -0.488 e.